The second-order valence-electron chi connectivity index (χ2n) is 5.43. The Labute approximate surface area is 119 Å². The zero-order chi connectivity index (χ0) is 13.9. The fourth-order valence-electron chi connectivity index (χ4n) is 2.92. The first kappa shape index (κ1) is 12.7. The van der Waals surface area contributed by atoms with E-state index in [1.807, 2.05) is 30.5 Å². The number of piperidine rings is 1. The molecule has 0 amide bonds. The van der Waals surface area contributed by atoms with E-state index in [9.17, 15) is 5.26 Å². The first-order valence-corrected chi connectivity index (χ1v) is 7.07. The van der Waals surface area contributed by atoms with E-state index in [4.69, 9.17) is 0 Å². The normalized spacial score (nSPS) is 18.8. The van der Waals surface area contributed by atoms with Crippen LogP contribution in [0.2, 0.25) is 0 Å². The maximum Gasteiger partial charge on any atom is 0.104 e. The number of nitrogens with zero attached hydrogens (tertiary/aromatic N) is 4. The number of nitriles is 1. The average molecular weight is 266 g/mol. The lowest BCUT2D eigenvalue weighted by atomic mass is 9.98. The predicted molar refractivity (Wildman–Crippen MR) is 78.9 cm³/mol. The van der Waals surface area contributed by atoms with Gasteiger partial charge in [0, 0.05) is 25.5 Å². The van der Waals surface area contributed by atoms with Gasteiger partial charge in [0.25, 0.3) is 0 Å². The molecule has 0 bridgehead atoms. The van der Waals surface area contributed by atoms with Crippen LogP contribution < -0.4 is 4.90 Å². The van der Waals surface area contributed by atoms with Crippen LogP contribution in [0.1, 0.15) is 25.3 Å². The topological polar surface area (TPSA) is 44.9 Å². The van der Waals surface area contributed by atoms with E-state index in [1.54, 1.807) is 10.9 Å². The van der Waals surface area contributed by atoms with Crippen LogP contribution in [0.15, 0.2) is 36.7 Å². The Morgan fingerprint density at radius 3 is 2.85 bits per heavy atom. The van der Waals surface area contributed by atoms with Gasteiger partial charge in [0.1, 0.15) is 11.6 Å². The number of hydrogen-bond acceptors (Lipinski definition) is 3. The van der Waals surface area contributed by atoms with E-state index in [1.165, 1.54) is 12.8 Å². The lowest BCUT2D eigenvalue weighted by molar-refractivity contribution is 0.446. The fourth-order valence-corrected chi connectivity index (χ4v) is 2.92. The van der Waals surface area contributed by atoms with Gasteiger partial charge in [-0.15, -0.1) is 0 Å². The van der Waals surface area contributed by atoms with Crippen LogP contribution >= 0.6 is 0 Å². The Kier molecular flexibility index (Phi) is 3.42. The van der Waals surface area contributed by atoms with Crippen LogP contribution in [0, 0.1) is 17.2 Å². The summed E-state index contributed by atoms with van der Waals surface area (Å²) >= 11 is 0. The minimum absolute atomic E-state index is 0.684. The summed E-state index contributed by atoms with van der Waals surface area (Å²) < 4.78 is 1.76. The van der Waals surface area contributed by atoms with Crippen molar-refractivity contribution in [3.63, 3.8) is 0 Å². The van der Waals surface area contributed by atoms with Crippen LogP contribution in [0.5, 0.6) is 0 Å². The van der Waals surface area contributed by atoms with E-state index in [-0.39, 0.29) is 0 Å². The van der Waals surface area contributed by atoms with E-state index in [0.717, 1.165) is 24.5 Å². The molecule has 0 unspecified atom stereocenters. The molecule has 1 atom stereocenters. The van der Waals surface area contributed by atoms with Gasteiger partial charge >= 0.3 is 0 Å². The summed E-state index contributed by atoms with van der Waals surface area (Å²) in [5, 5.41) is 13.8. The van der Waals surface area contributed by atoms with Crippen molar-refractivity contribution in [3.8, 4) is 11.8 Å². The summed E-state index contributed by atoms with van der Waals surface area (Å²) in [7, 11) is 0. The minimum Gasteiger partial charge on any atom is -0.370 e. The second kappa shape index (κ2) is 5.38. The number of anilines is 1. The molecule has 1 saturated heterocycles. The van der Waals surface area contributed by atoms with Crippen LogP contribution in [0.25, 0.3) is 5.69 Å². The van der Waals surface area contributed by atoms with E-state index >= 15 is 0 Å². The highest BCUT2D eigenvalue weighted by Gasteiger charge is 2.20. The van der Waals surface area contributed by atoms with Crippen molar-refractivity contribution in [1.82, 2.24) is 9.78 Å². The summed E-state index contributed by atoms with van der Waals surface area (Å²) in [6, 6.07) is 10.2. The Morgan fingerprint density at radius 1 is 1.30 bits per heavy atom. The first-order chi connectivity index (χ1) is 9.79. The highest BCUT2D eigenvalue weighted by atomic mass is 15.3. The molecule has 1 fully saturated rings. The molecule has 3 rings (SSSR count). The molecule has 20 heavy (non-hydrogen) atoms. The van der Waals surface area contributed by atoms with Crippen molar-refractivity contribution < 1.29 is 0 Å². The first-order valence-electron chi connectivity index (χ1n) is 7.07. The van der Waals surface area contributed by atoms with Crippen LogP contribution in [0.3, 0.4) is 0 Å². The van der Waals surface area contributed by atoms with Crippen molar-refractivity contribution in [2.75, 3.05) is 18.0 Å². The van der Waals surface area contributed by atoms with Gasteiger partial charge < -0.3 is 4.90 Å². The molecule has 0 saturated carbocycles. The summed E-state index contributed by atoms with van der Waals surface area (Å²) in [5.74, 6) is 0.684. The molecule has 1 aromatic heterocycles. The van der Waals surface area contributed by atoms with Crippen molar-refractivity contribution in [3.05, 3.63) is 42.2 Å². The molecule has 0 aliphatic carbocycles. The van der Waals surface area contributed by atoms with Crippen molar-refractivity contribution in [2.24, 2.45) is 5.92 Å². The molecule has 0 radical (unpaired) electrons. The highest BCUT2D eigenvalue weighted by Crippen LogP contribution is 2.29. The number of hydrogen-bond donors (Lipinski definition) is 0. The molecule has 1 aromatic carbocycles. The van der Waals surface area contributed by atoms with Gasteiger partial charge in [-0.2, -0.15) is 10.4 Å². The zero-order valence-electron chi connectivity index (χ0n) is 11.7. The molecular formula is C16H18N4. The third-order valence-corrected chi connectivity index (χ3v) is 3.88. The average Bonchev–Trinajstić information content (AvgIpc) is 3.00. The Balaban J connectivity index is 2.04. The third kappa shape index (κ3) is 2.27. The van der Waals surface area contributed by atoms with Gasteiger partial charge in [0.2, 0.25) is 0 Å². The molecule has 2 aromatic rings. The minimum atomic E-state index is 0.684. The molecule has 0 spiro atoms. The Hall–Kier alpha value is -2.28. The zero-order valence-corrected chi connectivity index (χ0v) is 11.7. The van der Waals surface area contributed by atoms with E-state index in [2.05, 4.69) is 23.0 Å². The maximum absolute atomic E-state index is 9.58. The van der Waals surface area contributed by atoms with Gasteiger partial charge in [-0.3, -0.25) is 0 Å². The molecule has 4 nitrogen and oxygen atoms in total. The van der Waals surface area contributed by atoms with Crippen molar-refractivity contribution in [1.29, 1.82) is 5.26 Å². The molecule has 1 aliphatic heterocycles. The molecule has 1 aliphatic rings. The monoisotopic (exact) mass is 266 g/mol. The second-order valence-corrected chi connectivity index (χ2v) is 5.43. The molecule has 102 valence electrons. The molecule has 0 N–H and O–H groups in total. The number of aromatic nitrogens is 2. The van der Waals surface area contributed by atoms with Gasteiger partial charge in [0.05, 0.1) is 11.4 Å². The van der Waals surface area contributed by atoms with Gasteiger partial charge in [-0.05, 0) is 37.0 Å². The van der Waals surface area contributed by atoms with Gasteiger partial charge in [-0.1, -0.05) is 13.0 Å². The fraction of sp³-hybridized carbons (Fsp3) is 0.375. The Bertz CT molecular complexity index is 624. The highest BCUT2D eigenvalue weighted by molar-refractivity contribution is 5.67. The molecular weight excluding hydrogens is 248 g/mol. The SMILES string of the molecule is C[C@H]1CCCN(c2cccc(-n3cccn3)c2C#N)C1. The largest absolute Gasteiger partial charge is 0.370 e. The lowest BCUT2D eigenvalue weighted by Crippen LogP contribution is -2.34. The summed E-state index contributed by atoms with van der Waals surface area (Å²) in [4.78, 5) is 2.33. The van der Waals surface area contributed by atoms with E-state index < -0.39 is 0 Å². The lowest BCUT2D eigenvalue weighted by Gasteiger charge is -2.33. The maximum atomic E-state index is 9.58. The van der Waals surface area contributed by atoms with Gasteiger partial charge in [0.15, 0.2) is 0 Å². The predicted octanol–water partition coefficient (Wildman–Crippen LogP) is 2.98. The summed E-state index contributed by atoms with van der Waals surface area (Å²) in [6.45, 7) is 4.33. The third-order valence-electron chi connectivity index (χ3n) is 3.88. The van der Waals surface area contributed by atoms with Crippen molar-refractivity contribution >= 4 is 5.69 Å². The molecule has 4 heteroatoms. The summed E-state index contributed by atoms with van der Waals surface area (Å²) in [5.41, 5.74) is 2.60. The molecule has 2 heterocycles. The standard InChI is InChI=1S/C16H18N4/c1-13-5-3-9-19(12-13)15-6-2-7-16(14(15)11-17)20-10-4-8-18-20/h2,4,6-8,10,13H,3,5,9,12H2,1H3/t13-/m0/s1. The van der Waals surface area contributed by atoms with Crippen molar-refractivity contribution in [2.45, 2.75) is 19.8 Å². The smallest absolute Gasteiger partial charge is 0.104 e. The van der Waals surface area contributed by atoms with Crippen LogP contribution in [0.4, 0.5) is 5.69 Å². The quantitative estimate of drug-likeness (QED) is 0.839. The van der Waals surface area contributed by atoms with Crippen LogP contribution in [-0.2, 0) is 0 Å². The van der Waals surface area contributed by atoms with Crippen LogP contribution in [-0.4, -0.2) is 22.9 Å². The van der Waals surface area contributed by atoms with E-state index in [0.29, 0.717) is 11.5 Å². The van der Waals surface area contributed by atoms with Gasteiger partial charge in [-0.25, -0.2) is 4.68 Å². The number of rotatable bonds is 2. The number of benzene rings is 1. The Morgan fingerprint density at radius 2 is 2.15 bits per heavy atom. The summed E-state index contributed by atoms with van der Waals surface area (Å²) in [6.07, 6.45) is 6.07.